The highest BCUT2D eigenvalue weighted by atomic mass is 16.5. The summed E-state index contributed by atoms with van der Waals surface area (Å²) < 4.78 is 10.1. The zero-order valence-corrected chi connectivity index (χ0v) is 9.60. The molecule has 4 nitrogen and oxygen atoms in total. The van der Waals surface area contributed by atoms with Crippen molar-refractivity contribution in [3.05, 3.63) is 35.9 Å². The van der Waals surface area contributed by atoms with Gasteiger partial charge in [0.15, 0.2) is 0 Å². The van der Waals surface area contributed by atoms with Crippen molar-refractivity contribution in [2.24, 2.45) is 0 Å². The standard InChI is InChI=1S/C12H17NO3/c1-13-11(12(14)15-2)9-16-8-10-6-4-3-5-7-10/h3-7,11,13H,8-9H2,1-2H3. The molecule has 4 heteroatoms. The molecule has 0 spiro atoms. The van der Waals surface area contributed by atoms with Gasteiger partial charge in [-0.05, 0) is 12.6 Å². The molecule has 0 saturated heterocycles. The number of nitrogens with one attached hydrogen (secondary N) is 1. The summed E-state index contributed by atoms with van der Waals surface area (Å²) in [6, 6.07) is 9.41. The highest BCUT2D eigenvalue weighted by Crippen LogP contribution is 2.01. The molecular weight excluding hydrogens is 206 g/mol. The average molecular weight is 223 g/mol. The second-order valence-corrected chi connectivity index (χ2v) is 3.37. The van der Waals surface area contributed by atoms with E-state index < -0.39 is 6.04 Å². The SMILES string of the molecule is CNC(COCc1ccccc1)C(=O)OC. The van der Waals surface area contributed by atoms with Gasteiger partial charge < -0.3 is 14.8 Å². The number of carbonyl (C=O) groups is 1. The molecule has 0 aliphatic heterocycles. The molecule has 0 fully saturated rings. The lowest BCUT2D eigenvalue weighted by Gasteiger charge is -2.13. The van der Waals surface area contributed by atoms with Crippen LogP contribution in [0.4, 0.5) is 0 Å². The minimum Gasteiger partial charge on any atom is -0.468 e. The summed E-state index contributed by atoms with van der Waals surface area (Å²) in [6.45, 7) is 0.800. The van der Waals surface area contributed by atoms with Crippen molar-refractivity contribution in [1.29, 1.82) is 0 Å². The van der Waals surface area contributed by atoms with Crippen LogP contribution in [0.15, 0.2) is 30.3 Å². The lowest BCUT2D eigenvalue weighted by atomic mass is 10.2. The molecule has 1 rings (SSSR count). The van der Waals surface area contributed by atoms with E-state index in [0.717, 1.165) is 5.56 Å². The van der Waals surface area contributed by atoms with E-state index >= 15 is 0 Å². The number of ether oxygens (including phenoxy) is 2. The van der Waals surface area contributed by atoms with E-state index in [1.165, 1.54) is 7.11 Å². The first kappa shape index (κ1) is 12.7. The van der Waals surface area contributed by atoms with Crippen molar-refractivity contribution in [3.63, 3.8) is 0 Å². The van der Waals surface area contributed by atoms with Crippen LogP contribution in [0.2, 0.25) is 0 Å². The molecule has 1 atom stereocenters. The Morgan fingerprint density at radius 2 is 2.06 bits per heavy atom. The third-order valence-electron chi connectivity index (χ3n) is 2.23. The summed E-state index contributed by atoms with van der Waals surface area (Å²) in [5, 5.41) is 2.84. The minimum atomic E-state index is -0.409. The van der Waals surface area contributed by atoms with Crippen LogP contribution >= 0.6 is 0 Å². The monoisotopic (exact) mass is 223 g/mol. The molecule has 0 aliphatic carbocycles. The van der Waals surface area contributed by atoms with Crippen LogP contribution in [0, 0.1) is 0 Å². The van der Waals surface area contributed by atoms with Gasteiger partial charge in [0, 0.05) is 0 Å². The number of benzene rings is 1. The number of esters is 1. The summed E-state index contributed by atoms with van der Waals surface area (Å²) in [6.07, 6.45) is 0. The van der Waals surface area contributed by atoms with Crippen molar-refractivity contribution in [3.8, 4) is 0 Å². The van der Waals surface area contributed by atoms with E-state index in [1.54, 1.807) is 7.05 Å². The Labute approximate surface area is 95.6 Å². The Kier molecular flexibility index (Phi) is 5.53. The van der Waals surface area contributed by atoms with E-state index in [4.69, 9.17) is 4.74 Å². The first-order valence-electron chi connectivity index (χ1n) is 5.14. The van der Waals surface area contributed by atoms with Crippen LogP contribution in [-0.4, -0.2) is 32.8 Å². The summed E-state index contributed by atoms with van der Waals surface area (Å²) in [4.78, 5) is 11.2. The molecule has 1 unspecified atom stereocenters. The van der Waals surface area contributed by atoms with Gasteiger partial charge in [-0.15, -0.1) is 0 Å². The summed E-state index contributed by atoms with van der Waals surface area (Å²) in [7, 11) is 3.07. The van der Waals surface area contributed by atoms with E-state index in [-0.39, 0.29) is 5.97 Å². The Bertz CT molecular complexity index is 313. The molecular formula is C12H17NO3. The smallest absolute Gasteiger partial charge is 0.325 e. The Morgan fingerprint density at radius 1 is 1.38 bits per heavy atom. The Morgan fingerprint density at radius 3 is 2.62 bits per heavy atom. The van der Waals surface area contributed by atoms with Gasteiger partial charge in [-0.2, -0.15) is 0 Å². The van der Waals surface area contributed by atoms with Gasteiger partial charge in [-0.3, -0.25) is 4.79 Å². The van der Waals surface area contributed by atoms with Crippen LogP contribution in [0.1, 0.15) is 5.56 Å². The zero-order valence-electron chi connectivity index (χ0n) is 9.60. The Balaban J connectivity index is 2.31. The molecule has 88 valence electrons. The Hall–Kier alpha value is -1.39. The topological polar surface area (TPSA) is 47.6 Å². The van der Waals surface area contributed by atoms with E-state index in [0.29, 0.717) is 13.2 Å². The number of rotatable bonds is 6. The highest BCUT2D eigenvalue weighted by molar-refractivity contribution is 5.75. The van der Waals surface area contributed by atoms with Gasteiger partial charge in [0.2, 0.25) is 0 Å². The number of methoxy groups -OCH3 is 1. The molecule has 16 heavy (non-hydrogen) atoms. The van der Waals surface area contributed by atoms with Crippen LogP contribution in [0.5, 0.6) is 0 Å². The normalized spacial score (nSPS) is 12.1. The first-order valence-corrected chi connectivity index (χ1v) is 5.14. The molecule has 0 amide bonds. The molecule has 0 saturated carbocycles. The van der Waals surface area contributed by atoms with Gasteiger partial charge >= 0.3 is 5.97 Å². The fraction of sp³-hybridized carbons (Fsp3) is 0.417. The van der Waals surface area contributed by atoms with Gasteiger partial charge in [-0.25, -0.2) is 0 Å². The summed E-state index contributed by atoms with van der Waals surface area (Å²) in [5.74, 6) is -0.310. The fourth-order valence-corrected chi connectivity index (χ4v) is 1.28. The molecule has 0 aliphatic rings. The van der Waals surface area contributed by atoms with Crippen molar-refractivity contribution < 1.29 is 14.3 Å². The number of hydrogen-bond donors (Lipinski definition) is 1. The molecule has 0 bridgehead atoms. The predicted molar refractivity (Wildman–Crippen MR) is 61.0 cm³/mol. The minimum absolute atomic E-state index is 0.304. The van der Waals surface area contributed by atoms with Crippen molar-refractivity contribution in [2.75, 3.05) is 20.8 Å². The average Bonchev–Trinajstić information content (AvgIpc) is 2.35. The number of carbonyl (C=O) groups excluding carboxylic acids is 1. The molecule has 1 aromatic carbocycles. The van der Waals surface area contributed by atoms with Crippen LogP contribution in [0.3, 0.4) is 0 Å². The summed E-state index contributed by atoms with van der Waals surface area (Å²) >= 11 is 0. The second kappa shape index (κ2) is 6.98. The van der Waals surface area contributed by atoms with E-state index in [2.05, 4.69) is 10.1 Å². The van der Waals surface area contributed by atoms with Gasteiger partial charge in [0.25, 0.3) is 0 Å². The molecule has 0 aromatic heterocycles. The fourth-order valence-electron chi connectivity index (χ4n) is 1.28. The van der Waals surface area contributed by atoms with E-state index in [9.17, 15) is 4.79 Å². The maximum absolute atomic E-state index is 11.2. The zero-order chi connectivity index (χ0) is 11.8. The van der Waals surface area contributed by atoms with Crippen molar-refractivity contribution in [1.82, 2.24) is 5.32 Å². The third-order valence-corrected chi connectivity index (χ3v) is 2.23. The second-order valence-electron chi connectivity index (χ2n) is 3.37. The maximum atomic E-state index is 11.2. The van der Waals surface area contributed by atoms with Gasteiger partial charge in [0.05, 0.1) is 20.3 Å². The van der Waals surface area contributed by atoms with Gasteiger partial charge in [0.1, 0.15) is 6.04 Å². The van der Waals surface area contributed by atoms with Crippen LogP contribution in [0.25, 0.3) is 0 Å². The van der Waals surface area contributed by atoms with Crippen molar-refractivity contribution in [2.45, 2.75) is 12.6 Å². The first-order chi connectivity index (χ1) is 7.77. The van der Waals surface area contributed by atoms with Crippen LogP contribution in [-0.2, 0) is 20.9 Å². The molecule has 0 heterocycles. The molecule has 1 aromatic rings. The predicted octanol–water partition coefficient (Wildman–Crippen LogP) is 0.964. The highest BCUT2D eigenvalue weighted by Gasteiger charge is 2.16. The number of likely N-dealkylation sites (N-methyl/N-ethyl adjacent to an activating group) is 1. The van der Waals surface area contributed by atoms with Gasteiger partial charge in [-0.1, -0.05) is 30.3 Å². The quantitative estimate of drug-likeness (QED) is 0.730. The van der Waals surface area contributed by atoms with E-state index in [1.807, 2.05) is 30.3 Å². The van der Waals surface area contributed by atoms with Crippen molar-refractivity contribution >= 4 is 5.97 Å². The van der Waals surface area contributed by atoms with Crippen LogP contribution < -0.4 is 5.32 Å². The molecule has 1 N–H and O–H groups in total. The maximum Gasteiger partial charge on any atom is 0.325 e. The third kappa shape index (κ3) is 4.00. The number of hydrogen-bond acceptors (Lipinski definition) is 4. The lowest BCUT2D eigenvalue weighted by Crippen LogP contribution is -2.39. The lowest BCUT2D eigenvalue weighted by molar-refractivity contribution is -0.144. The largest absolute Gasteiger partial charge is 0.468 e. The summed E-state index contributed by atoms with van der Waals surface area (Å²) in [5.41, 5.74) is 1.09. The molecule has 0 radical (unpaired) electrons.